The molecule has 2 amide bonds. The van der Waals surface area contributed by atoms with E-state index in [2.05, 4.69) is 5.32 Å². The van der Waals surface area contributed by atoms with Crippen molar-refractivity contribution in [1.82, 2.24) is 10.2 Å². The SMILES string of the molecule is CO[C@@H]1CC[C@@H](NC(=O)CN2CCCCCC2=O)[C@H]1O. The van der Waals surface area contributed by atoms with Gasteiger partial charge in [-0.25, -0.2) is 0 Å². The lowest BCUT2D eigenvalue weighted by molar-refractivity contribution is -0.136. The van der Waals surface area contributed by atoms with Crippen LogP contribution in [-0.2, 0) is 14.3 Å². The third-order valence-corrected chi connectivity index (χ3v) is 4.21. The van der Waals surface area contributed by atoms with Gasteiger partial charge in [0.2, 0.25) is 11.8 Å². The predicted octanol–water partition coefficient (Wildman–Crippen LogP) is 0.0435. The standard InChI is InChI=1S/C14H24N2O4/c1-20-11-7-6-10(14(11)19)15-12(17)9-16-8-4-2-3-5-13(16)18/h10-11,14,19H,2-9H2,1H3,(H,15,17)/t10-,11-,14-/m1/s1. The molecule has 3 atom stereocenters. The third-order valence-electron chi connectivity index (χ3n) is 4.21. The lowest BCUT2D eigenvalue weighted by atomic mass is 10.2. The molecule has 2 aliphatic rings. The van der Waals surface area contributed by atoms with Crippen LogP contribution in [0.3, 0.4) is 0 Å². The average Bonchev–Trinajstić information content (AvgIpc) is 2.64. The van der Waals surface area contributed by atoms with Gasteiger partial charge in [-0.1, -0.05) is 6.42 Å². The highest BCUT2D eigenvalue weighted by Gasteiger charge is 2.35. The monoisotopic (exact) mass is 284 g/mol. The molecule has 1 aliphatic carbocycles. The van der Waals surface area contributed by atoms with E-state index in [0.717, 1.165) is 25.7 Å². The number of hydrogen-bond donors (Lipinski definition) is 2. The van der Waals surface area contributed by atoms with Crippen LogP contribution in [-0.4, -0.2) is 60.3 Å². The Morgan fingerprint density at radius 1 is 1.40 bits per heavy atom. The molecule has 114 valence electrons. The molecule has 0 aromatic heterocycles. The number of carbonyl (C=O) groups is 2. The summed E-state index contributed by atoms with van der Waals surface area (Å²) in [6.07, 6.45) is 4.02. The Morgan fingerprint density at radius 3 is 2.90 bits per heavy atom. The quantitative estimate of drug-likeness (QED) is 0.764. The summed E-state index contributed by atoms with van der Waals surface area (Å²) < 4.78 is 5.15. The third kappa shape index (κ3) is 3.70. The largest absolute Gasteiger partial charge is 0.388 e. The Bertz CT molecular complexity index is 361. The second kappa shape index (κ2) is 7.04. The van der Waals surface area contributed by atoms with Crippen molar-refractivity contribution in [3.8, 4) is 0 Å². The molecule has 0 unspecified atom stereocenters. The molecular weight excluding hydrogens is 260 g/mol. The van der Waals surface area contributed by atoms with E-state index in [4.69, 9.17) is 4.74 Å². The molecule has 0 aromatic rings. The van der Waals surface area contributed by atoms with Crippen LogP contribution >= 0.6 is 0 Å². The summed E-state index contributed by atoms with van der Waals surface area (Å²) in [5, 5.41) is 12.8. The zero-order valence-electron chi connectivity index (χ0n) is 12.0. The fourth-order valence-corrected chi connectivity index (χ4v) is 2.99. The van der Waals surface area contributed by atoms with Crippen LogP contribution in [0.5, 0.6) is 0 Å². The van der Waals surface area contributed by atoms with Gasteiger partial charge in [0.05, 0.1) is 18.7 Å². The second-order valence-electron chi connectivity index (χ2n) is 5.64. The number of amides is 2. The molecule has 1 saturated carbocycles. The summed E-state index contributed by atoms with van der Waals surface area (Å²) in [7, 11) is 1.56. The van der Waals surface area contributed by atoms with Gasteiger partial charge < -0.3 is 20.1 Å². The van der Waals surface area contributed by atoms with Crippen LogP contribution < -0.4 is 5.32 Å². The first kappa shape index (κ1) is 15.3. The number of ether oxygens (including phenoxy) is 1. The first-order chi connectivity index (χ1) is 9.61. The van der Waals surface area contributed by atoms with Crippen molar-refractivity contribution < 1.29 is 19.4 Å². The van der Waals surface area contributed by atoms with Crippen molar-refractivity contribution in [3.05, 3.63) is 0 Å². The maximum Gasteiger partial charge on any atom is 0.239 e. The predicted molar refractivity (Wildman–Crippen MR) is 73.0 cm³/mol. The van der Waals surface area contributed by atoms with Crippen molar-refractivity contribution in [1.29, 1.82) is 0 Å². The average molecular weight is 284 g/mol. The van der Waals surface area contributed by atoms with Crippen LogP contribution in [0, 0.1) is 0 Å². The van der Waals surface area contributed by atoms with Crippen LogP contribution in [0.2, 0.25) is 0 Å². The lowest BCUT2D eigenvalue weighted by Gasteiger charge is -2.23. The van der Waals surface area contributed by atoms with Crippen molar-refractivity contribution in [3.63, 3.8) is 0 Å². The molecule has 0 spiro atoms. The first-order valence-electron chi connectivity index (χ1n) is 7.40. The maximum atomic E-state index is 12.0. The minimum Gasteiger partial charge on any atom is -0.388 e. The summed E-state index contributed by atoms with van der Waals surface area (Å²) in [5.74, 6) is -0.138. The molecule has 20 heavy (non-hydrogen) atoms. The van der Waals surface area contributed by atoms with E-state index >= 15 is 0 Å². The Morgan fingerprint density at radius 2 is 2.20 bits per heavy atom. The minimum absolute atomic E-state index is 0.0550. The normalized spacial score (nSPS) is 31.2. The number of nitrogens with one attached hydrogen (secondary N) is 1. The van der Waals surface area contributed by atoms with Gasteiger partial charge in [-0.2, -0.15) is 0 Å². The molecule has 2 fully saturated rings. The van der Waals surface area contributed by atoms with Crippen LogP contribution in [0.4, 0.5) is 0 Å². The van der Waals surface area contributed by atoms with Crippen molar-refractivity contribution in [2.24, 2.45) is 0 Å². The molecule has 6 nitrogen and oxygen atoms in total. The fraction of sp³-hybridized carbons (Fsp3) is 0.857. The van der Waals surface area contributed by atoms with E-state index in [0.29, 0.717) is 19.4 Å². The topological polar surface area (TPSA) is 78.9 Å². The molecule has 1 heterocycles. The molecule has 0 aromatic carbocycles. The van der Waals surface area contributed by atoms with E-state index in [9.17, 15) is 14.7 Å². The Balaban J connectivity index is 1.81. The molecule has 1 saturated heterocycles. The molecule has 0 bridgehead atoms. The lowest BCUT2D eigenvalue weighted by Crippen LogP contribution is -2.48. The highest BCUT2D eigenvalue weighted by atomic mass is 16.5. The summed E-state index contributed by atoms with van der Waals surface area (Å²) in [6.45, 7) is 0.750. The summed E-state index contributed by atoms with van der Waals surface area (Å²) >= 11 is 0. The number of aliphatic hydroxyl groups is 1. The summed E-state index contributed by atoms with van der Waals surface area (Å²) in [6, 6.07) is -0.269. The van der Waals surface area contributed by atoms with Crippen LogP contribution in [0.1, 0.15) is 38.5 Å². The van der Waals surface area contributed by atoms with Crippen LogP contribution in [0.15, 0.2) is 0 Å². The van der Waals surface area contributed by atoms with Gasteiger partial charge in [0.1, 0.15) is 6.10 Å². The van der Waals surface area contributed by atoms with Crippen molar-refractivity contribution in [2.75, 3.05) is 20.2 Å². The number of carbonyl (C=O) groups excluding carboxylic acids is 2. The van der Waals surface area contributed by atoms with Crippen molar-refractivity contribution >= 4 is 11.8 Å². The zero-order chi connectivity index (χ0) is 14.5. The molecule has 2 rings (SSSR count). The van der Waals surface area contributed by atoms with Gasteiger partial charge in [0, 0.05) is 20.1 Å². The van der Waals surface area contributed by atoms with Crippen LogP contribution in [0.25, 0.3) is 0 Å². The highest BCUT2D eigenvalue weighted by molar-refractivity contribution is 5.85. The Labute approximate surface area is 119 Å². The number of hydrogen-bond acceptors (Lipinski definition) is 4. The number of aliphatic hydroxyl groups excluding tert-OH is 1. The molecule has 0 radical (unpaired) electrons. The van der Waals surface area contributed by atoms with E-state index < -0.39 is 6.10 Å². The smallest absolute Gasteiger partial charge is 0.239 e. The van der Waals surface area contributed by atoms with E-state index in [1.54, 1.807) is 12.0 Å². The number of methoxy groups -OCH3 is 1. The van der Waals surface area contributed by atoms with Gasteiger partial charge in [-0.05, 0) is 25.7 Å². The molecular formula is C14H24N2O4. The van der Waals surface area contributed by atoms with Gasteiger partial charge >= 0.3 is 0 Å². The molecule has 6 heteroatoms. The first-order valence-corrected chi connectivity index (χ1v) is 7.40. The fourth-order valence-electron chi connectivity index (χ4n) is 2.99. The maximum absolute atomic E-state index is 12.0. The van der Waals surface area contributed by atoms with E-state index in [1.807, 2.05) is 0 Å². The van der Waals surface area contributed by atoms with Crippen molar-refractivity contribution in [2.45, 2.75) is 56.8 Å². The number of likely N-dealkylation sites (tertiary alicyclic amines) is 1. The van der Waals surface area contributed by atoms with E-state index in [1.165, 1.54) is 0 Å². The summed E-state index contributed by atoms with van der Waals surface area (Å²) in [4.78, 5) is 25.5. The second-order valence-corrected chi connectivity index (χ2v) is 5.64. The minimum atomic E-state index is -0.663. The van der Waals surface area contributed by atoms with Gasteiger partial charge in [-0.15, -0.1) is 0 Å². The Kier molecular flexibility index (Phi) is 5.37. The molecule has 2 N–H and O–H groups in total. The summed E-state index contributed by atoms with van der Waals surface area (Å²) in [5.41, 5.74) is 0. The van der Waals surface area contributed by atoms with E-state index in [-0.39, 0.29) is 30.5 Å². The number of rotatable bonds is 4. The number of nitrogens with zero attached hydrogens (tertiary/aromatic N) is 1. The zero-order valence-corrected chi connectivity index (χ0v) is 12.0. The van der Waals surface area contributed by atoms with Gasteiger partial charge in [0.15, 0.2) is 0 Å². The van der Waals surface area contributed by atoms with Gasteiger partial charge in [-0.3, -0.25) is 9.59 Å². The molecule has 1 aliphatic heterocycles. The van der Waals surface area contributed by atoms with Gasteiger partial charge in [0.25, 0.3) is 0 Å². The Hall–Kier alpha value is -1.14. The highest BCUT2D eigenvalue weighted by Crippen LogP contribution is 2.22.